The smallest absolute Gasteiger partial charge is 0.411 e. The first kappa shape index (κ1) is 19.4. The second-order valence-corrected chi connectivity index (χ2v) is 7.66. The molecule has 1 amide bonds. The summed E-state index contributed by atoms with van der Waals surface area (Å²) in [6.07, 6.45) is 0.236. The number of hydrogen-bond donors (Lipinski definition) is 0. The van der Waals surface area contributed by atoms with Crippen molar-refractivity contribution in [2.24, 2.45) is 0 Å². The molecule has 25 heavy (non-hydrogen) atoms. The SMILES string of the molecule is C=C1C[C@@H](C(=O)CCc2cccc(Cl)c2F)N(C(=O)OC(C)(C)C)C1. The lowest BCUT2D eigenvalue weighted by molar-refractivity contribution is -0.123. The largest absolute Gasteiger partial charge is 0.444 e. The first-order chi connectivity index (χ1) is 11.6. The monoisotopic (exact) mass is 367 g/mol. The van der Waals surface area contributed by atoms with Crippen LogP contribution in [0.1, 0.15) is 39.2 Å². The lowest BCUT2D eigenvalue weighted by atomic mass is 10.0. The van der Waals surface area contributed by atoms with Crippen molar-refractivity contribution < 1.29 is 18.7 Å². The molecule has 0 unspecified atom stereocenters. The van der Waals surface area contributed by atoms with E-state index >= 15 is 0 Å². The number of amides is 1. The number of carbonyl (C=O) groups excluding carboxylic acids is 2. The number of ether oxygens (including phenoxy) is 1. The molecule has 0 saturated carbocycles. The molecule has 0 N–H and O–H groups in total. The summed E-state index contributed by atoms with van der Waals surface area (Å²) < 4.78 is 19.3. The molecule has 1 heterocycles. The van der Waals surface area contributed by atoms with Gasteiger partial charge in [-0.15, -0.1) is 0 Å². The van der Waals surface area contributed by atoms with Crippen LogP contribution < -0.4 is 0 Å². The molecule has 1 saturated heterocycles. The minimum absolute atomic E-state index is 0.0366. The van der Waals surface area contributed by atoms with Crippen LogP contribution in [0.15, 0.2) is 30.4 Å². The van der Waals surface area contributed by atoms with Crippen molar-refractivity contribution in [1.82, 2.24) is 4.90 Å². The number of hydrogen-bond acceptors (Lipinski definition) is 3. The molecule has 136 valence electrons. The van der Waals surface area contributed by atoms with Crippen molar-refractivity contribution in [3.05, 3.63) is 46.8 Å². The number of nitrogens with zero attached hydrogens (tertiary/aromatic N) is 1. The van der Waals surface area contributed by atoms with Crippen molar-refractivity contribution in [3.8, 4) is 0 Å². The van der Waals surface area contributed by atoms with Crippen LogP contribution in [0.2, 0.25) is 5.02 Å². The highest BCUT2D eigenvalue weighted by Gasteiger charge is 2.37. The van der Waals surface area contributed by atoms with Gasteiger partial charge >= 0.3 is 6.09 Å². The second-order valence-electron chi connectivity index (χ2n) is 7.26. The Morgan fingerprint density at radius 2 is 2.08 bits per heavy atom. The standard InChI is InChI=1S/C19H23ClFNO3/c1-12-10-15(22(11-12)18(24)25-19(2,3)4)16(23)9-8-13-6-5-7-14(20)17(13)21/h5-7,15H,1,8-11H2,2-4H3/t15-/m0/s1. The average Bonchev–Trinajstić information content (AvgIpc) is 2.89. The number of rotatable bonds is 4. The topological polar surface area (TPSA) is 46.6 Å². The molecule has 6 heteroatoms. The van der Waals surface area contributed by atoms with Gasteiger partial charge < -0.3 is 4.74 Å². The molecule has 1 atom stereocenters. The molecule has 0 aliphatic carbocycles. The molecule has 2 rings (SSSR count). The van der Waals surface area contributed by atoms with Gasteiger partial charge in [0.05, 0.1) is 11.1 Å². The van der Waals surface area contributed by atoms with Crippen LogP contribution in [0.25, 0.3) is 0 Å². The van der Waals surface area contributed by atoms with Crippen molar-refractivity contribution in [3.63, 3.8) is 0 Å². The molecule has 1 aliphatic rings. The van der Waals surface area contributed by atoms with Gasteiger partial charge in [0.15, 0.2) is 5.78 Å². The van der Waals surface area contributed by atoms with Gasteiger partial charge in [-0.1, -0.05) is 35.9 Å². The zero-order valence-electron chi connectivity index (χ0n) is 14.8. The summed E-state index contributed by atoms with van der Waals surface area (Å²) in [7, 11) is 0. The Hall–Kier alpha value is -1.88. The molecule has 0 aromatic heterocycles. The summed E-state index contributed by atoms with van der Waals surface area (Å²) in [5.74, 6) is -0.638. The lowest BCUT2D eigenvalue weighted by Gasteiger charge is -2.27. The third-order valence-electron chi connectivity index (χ3n) is 3.92. The Morgan fingerprint density at radius 1 is 1.40 bits per heavy atom. The maximum Gasteiger partial charge on any atom is 0.411 e. The van der Waals surface area contributed by atoms with Crippen LogP contribution in [-0.4, -0.2) is 35.0 Å². The Balaban J connectivity index is 2.04. The minimum atomic E-state index is -0.640. The predicted octanol–water partition coefficient (Wildman–Crippen LogP) is 4.55. The van der Waals surface area contributed by atoms with E-state index in [1.807, 2.05) is 0 Å². The van der Waals surface area contributed by atoms with Gasteiger partial charge in [-0.25, -0.2) is 9.18 Å². The first-order valence-corrected chi connectivity index (χ1v) is 8.58. The van der Waals surface area contributed by atoms with E-state index in [9.17, 15) is 14.0 Å². The maximum atomic E-state index is 13.9. The summed E-state index contributed by atoms with van der Waals surface area (Å²) in [4.78, 5) is 26.3. The number of ketones is 1. The lowest BCUT2D eigenvalue weighted by Crippen LogP contribution is -2.43. The van der Waals surface area contributed by atoms with E-state index in [4.69, 9.17) is 16.3 Å². The van der Waals surface area contributed by atoms with Gasteiger partial charge in [-0.2, -0.15) is 0 Å². The fourth-order valence-electron chi connectivity index (χ4n) is 2.77. The normalized spacial score (nSPS) is 17.7. The highest BCUT2D eigenvalue weighted by atomic mass is 35.5. The number of aryl methyl sites for hydroxylation is 1. The van der Waals surface area contributed by atoms with E-state index in [0.717, 1.165) is 5.57 Å². The van der Waals surface area contributed by atoms with Gasteiger partial charge in [-0.3, -0.25) is 9.69 Å². The molecule has 0 radical (unpaired) electrons. The van der Waals surface area contributed by atoms with Crippen molar-refractivity contribution in [2.75, 3.05) is 6.54 Å². The predicted molar refractivity (Wildman–Crippen MR) is 95.2 cm³/mol. The van der Waals surface area contributed by atoms with Crippen molar-refractivity contribution >= 4 is 23.5 Å². The molecular weight excluding hydrogens is 345 g/mol. The molecule has 1 aromatic rings. The third-order valence-corrected chi connectivity index (χ3v) is 4.22. The van der Waals surface area contributed by atoms with Gasteiger partial charge in [0.25, 0.3) is 0 Å². The van der Waals surface area contributed by atoms with Crippen LogP contribution >= 0.6 is 11.6 Å². The van der Waals surface area contributed by atoms with E-state index < -0.39 is 23.6 Å². The van der Waals surface area contributed by atoms with E-state index in [1.54, 1.807) is 32.9 Å². The third kappa shape index (κ3) is 5.05. The summed E-state index contributed by atoms with van der Waals surface area (Å²) in [5, 5.41) is 0.0366. The van der Waals surface area contributed by atoms with Crippen LogP contribution in [-0.2, 0) is 16.0 Å². The second kappa shape index (κ2) is 7.56. The Labute approximate surface area is 152 Å². The fraction of sp³-hybridized carbons (Fsp3) is 0.474. The highest BCUT2D eigenvalue weighted by molar-refractivity contribution is 6.30. The van der Waals surface area contributed by atoms with E-state index in [-0.39, 0.29) is 23.6 Å². The summed E-state index contributed by atoms with van der Waals surface area (Å²) in [6, 6.07) is 4.11. The molecular formula is C19H23ClFNO3. The number of benzene rings is 1. The number of carbonyl (C=O) groups is 2. The Morgan fingerprint density at radius 3 is 2.72 bits per heavy atom. The van der Waals surface area contributed by atoms with E-state index in [2.05, 4.69) is 6.58 Å². The minimum Gasteiger partial charge on any atom is -0.444 e. The Kier molecular flexibility index (Phi) is 5.88. The summed E-state index contributed by atoms with van der Waals surface area (Å²) >= 11 is 5.76. The Bertz CT molecular complexity index is 696. The molecule has 1 fully saturated rings. The summed E-state index contributed by atoms with van der Waals surface area (Å²) in [5.41, 5.74) is 0.554. The molecule has 1 aliphatic heterocycles. The highest BCUT2D eigenvalue weighted by Crippen LogP contribution is 2.26. The molecule has 0 spiro atoms. The molecule has 4 nitrogen and oxygen atoms in total. The van der Waals surface area contributed by atoms with Crippen LogP contribution in [0.4, 0.5) is 9.18 Å². The number of halogens is 2. The quantitative estimate of drug-likeness (QED) is 0.733. The molecule has 1 aromatic carbocycles. The van der Waals surface area contributed by atoms with Gasteiger partial charge in [0, 0.05) is 13.0 Å². The van der Waals surface area contributed by atoms with Gasteiger partial charge in [0.1, 0.15) is 11.4 Å². The van der Waals surface area contributed by atoms with Gasteiger partial charge in [-0.05, 0) is 45.2 Å². The molecule has 0 bridgehead atoms. The fourth-order valence-corrected chi connectivity index (χ4v) is 2.96. The number of likely N-dealkylation sites (tertiary alicyclic amines) is 1. The van der Waals surface area contributed by atoms with E-state index in [1.165, 1.54) is 11.0 Å². The maximum absolute atomic E-state index is 13.9. The van der Waals surface area contributed by atoms with Gasteiger partial charge in [0.2, 0.25) is 0 Å². The van der Waals surface area contributed by atoms with Crippen LogP contribution in [0.3, 0.4) is 0 Å². The van der Waals surface area contributed by atoms with Crippen LogP contribution in [0, 0.1) is 5.82 Å². The average molecular weight is 368 g/mol. The zero-order chi connectivity index (χ0) is 18.8. The zero-order valence-corrected chi connectivity index (χ0v) is 15.5. The summed E-state index contributed by atoms with van der Waals surface area (Å²) in [6.45, 7) is 9.50. The van der Waals surface area contributed by atoms with Crippen LogP contribution in [0.5, 0.6) is 0 Å². The first-order valence-electron chi connectivity index (χ1n) is 8.20. The van der Waals surface area contributed by atoms with E-state index in [0.29, 0.717) is 18.5 Å². The van der Waals surface area contributed by atoms with Crippen molar-refractivity contribution in [1.29, 1.82) is 0 Å². The van der Waals surface area contributed by atoms with Crippen molar-refractivity contribution in [2.45, 2.75) is 51.7 Å². The number of Topliss-reactive ketones (excluding diaryl/α,β-unsaturated/α-hetero) is 1.